The largest absolute Gasteiger partial charge is 0.490 e. The summed E-state index contributed by atoms with van der Waals surface area (Å²) in [6, 6.07) is 46.2. The number of nitrogens with one attached hydrogen (secondary N) is 2. The topological polar surface area (TPSA) is 105 Å². The Balaban J connectivity index is 0.000000194. The standard InChI is InChI=1S/C24H22Cl2N2O.C18H19ClN2O.C6H5BCl2O2.CH4/c25-22-8-4-7-21(23(22)26)18-9-11-19(12-10-18)24(29)28-14-13-27-20(16-28)15-17-5-2-1-3-6-17;19-16-8-6-15(7-9-16)18(22)21-11-10-20-17(13-21)12-14-4-2-1-3-5-14;8-5-3-1-2-4(6(5)9)7(10)11;/h1-12,20,27H,13-16H2;1-9,17,20H,10-13H2;1-3,10-11H;1H4/t20-;17-;;/m00../s1. The number of nitrogens with zero attached hydrogens (tertiary/aromatic N) is 2. The predicted octanol–water partition coefficient (Wildman–Crippen LogP) is 9.62. The molecular formula is C49H50BCl5N4O4. The van der Waals surface area contributed by atoms with E-state index in [1.807, 2.05) is 58.3 Å². The Morgan fingerprint density at radius 2 is 1.00 bits per heavy atom. The molecule has 6 aromatic rings. The molecule has 0 aromatic heterocycles. The third kappa shape index (κ3) is 14.3. The van der Waals surface area contributed by atoms with E-state index < -0.39 is 7.12 Å². The van der Waals surface area contributed by atoms with E-state index >= 15 is 0 Å². The Labute approximate surface area is 395 Å². The Bertz CT molecular complexity index is 2380. The number of hydrogen-bond acceptors (Lipinski definition) is 6. The zero-order valence-electron chi connectivity index (χ0n) is 33.7. The van der Waals surface area contributed by atoms with Crippen LogP contribution in [0.4, 0.5) is 0 Å². The molecule has 0 spiro atoms. The average molecular weight is 947 g/mol. The fourth-order valence-corrected chi connectivity index (χ4v) is 8.23. The van der Waals surface area contributed by atoms with E-state index in [9.17, 15) is 9.59 Å². The first kappa shape index (κ1) is 49.6. The molecule has 2 aliphatic heterocycles. The molecule has 8 nitrogen and oxygen atoms in total. The van der Waals surface area contributed by atoms with Gasteiger partial charge in [-0.05, 0) is 78.1 Å². The van der Waals surface area contributed by atoms with Crippen molar-refractivity contribution in [2.24, 2.45) is 0 Å². The third-order valence-electron chi connectivity index (χ3n) is 10.5. The SMILES string of the molecule is C.O=C(c1ccc(-c2cccc(Cl)c2Cl)cc1)N1CCN[C@@H](Cc2ccccc2)C1.O=C(c1ccc(Cl)cc1)N1CCN[C@@H](Cc2ccccc2)C1.OB(O)c1cccc(Cl)c1Cl. The van der Waals surface area contributed by atoms with Crippen molar-refractivity contribution in [3.05, 3.63) is 193 Å². The third-order valence-corrected chi connectivity index (χ3v) is 12.4. The summed E-state index contributed by atoms with van der Waals surface area (Å²) in [7, 11) is -1.57. The zero-order chi connectivity index (χ0) is 44.0. The second kappa shape index (κ2) is 24.6. The van der Waals surface area contributed by atoms with Gasteiger partial charge in [-0.3, -0.25) is 9.59 Å². The van der Waals surface area contributed by atoms with E-state index in [0.717, 1.165) is 50.1 Å². The molecule has 2 fully saturated rings. The molecule has 2 aliphatic rings. The normalized spacial score (nSPS) is 15.7. The maximum absolute atomic E-state index is 13.0. The van der Waals surface area contributed by atoms with E-state index in [1.165, 1.54) is 17.2 Å². The number of hydrogen-bond donors (Lipinski definition) is 4. The highest BCUT2D eigenvalue weighted by Gasteiger charge is 2.26. The molecule has 0 radical (unpaired) electrons. The Hall–Kier alpha value is -4.39. The van der Waals surface area contributed by atoms with Gasteiger partial charge in [-0.15, -0.1) is 0 Å². The highest BCUT2D eigenvalue weighted by Crippen LogP contribution is 2.33. The lowest BCUT2D eigenvalue weighted by Crippen LogP contribution is -2.53. The number of benzene rings is 6. The molecule has 0 saturated carbocycles. The number of piperazine rings is 2. The van der Waals surface area contributed by atoms with Gasteiger partial charge in [0.1, 0.15) is 0 Å². The summed E-state index contributed by atoms with van der Waals surface area (Å²) < 4.78 is 0. The molecule has 328 valence electrons. The van der Waals surface area contributed by atoms with Crippen molar-refractivity contribution in [3.8, 4) is 11.1 Å². The van der Waals surface area contributed by atoms with E-state index in [-0.39, 0.29) is 35.8 Å². The molecule has 2 heterocycles. The van der Waals surface area contributed by atoms with E-state index in [0.29, 0.717) is 50.3 Å². The first-order chi connectivity index (χ1) is 30.0. The molecule has 63 heavy (non-hydrogen) atoms. The van der Waals surface area contributed by atoms with Crippen LogP contribution >= 0.6 is 58.0 Å². The fourth-order valence-electron chi connectivity index (χ4n) is 7.29. The number of carbonyl (C=O) groups excluding carboxylic acids is 2. The zero-order valence-corrected chi connectivity index (χ0v) is 37.5. The van der Waals surface area contributed by atoms with Crippen LogP contribution in [0.5, 0.6) is 0 Å². The van der Waals surface area contributed by atoms with Gasteiger partial charge < -0.3 is 30.5 Å². The van der Waals surface area contributed by atoms with Crippen LogP contribution in [0.3, 0.4) is 0 Å². The molecule has 8 rings (SSSR count). The van der Waals surface area contributed by atoms with Crippen LogP contribution in [-0.2, 0) is 12.8 Å². The Kier molecular flexibility index (Phi) is 19.4. The van der Waals surface area contributed by atoms with Gasteiger partial charge in [0.2, 0.25) is 0 Å². The lowest BCUT2D eigenvalue weighted by Gasteiger charge is -2.34. The second-order valence-electron chi connectivity index (χ2n) is 14.9. The van der Waals surface area contributed by atoms with Crippen LogP contribution in [0.2, 0.25) is 25.1 Å². The number of rotatable bonds is 8. The molecule has 4 N–H and O–H groups in total. The van der Waals surface area contributed by atoms with Gasteiger partial charge in [-0.25, -0.2) is 0 Å². The average Bonchev–Trinajstić information content (AvgIpc) is 3.29. The van der Waals surface area contributed by atoms with Crippen molar-refractivity contribution in [3.63, 3.8) is 0 Å². The minimum Gasteiger partial charge on any atom is -0.423 e. The van der Waals surface area contributed by atoms with E-state index in [4.69, 9.17) is 68.1 Å². The number of halogens is 5. The van der Waals surface area contributed by atoms with Crippen molar-refractivity contribution >= 4 is 82.4 Å². The van der Waals surface area contributed by atoms with Crippen LogP contribution in [0, 0.1) is 0 Å². The predicted molar refractivity (Wildman–Crippen MR) is 262 cm³/mol. The van der Waals surface area contributed by atoms with Gasteiger partial charge >= 0.3 is 7.12 Å². The van der Waals surface area contributed by atoms with Crippen LogP contribution in [0.25, 0.3) is 11.1 Å². The Morgan fingerprint density at radius 3 is 1.46 bits per heavy atom. The number of carbonyl (C=O) groups is 2. The maximum atomic E-state index is 13.0. The molecule has 0 aliphatic carbocycles. The van der Waals surface area contributed by atoms with Gasteiger partial charge in [0.15, 0.2) is 0 Å². The molecular weight excluding hydrogens is 897 g/mol. The van der Waals surface area contributed by atoms with Crippen LogP contribution in [-0.4, -0.2) is 90.1 Å². The van der Waals surface area contributed by atoms with Gasteiger partial charge in [0.25, 0.3) is 11.8 Å². The Morgan fingerprint density at radius 1 is 0.556 bits per heavy atom. The molecule has 6 aromatic carbocycles. The van der Waals surface area contributed by atoms with Crippen LogP contribution in [0.1, 0.15) is 39.3 Å². The molecule has 2 amide bonds. The summed E-state index contributed by atoms with van der Waals surface area (Å²) in [5.41, 5.74) is 5.98. The van der Waals surface area contributed by atoms with Gasteiger partial charge in [0, 0.05) is 78.5 Å². The lowest BCUT2D eigenvalue weighted by molar-refractivity contribution is 0.0696. The van der Waals surface area contributed by atoms with Gasteiger partial charge in [-0.1, -0.05) is 162 Å². The van der Waals surface area contributed by atoms with Gasteiger partial charge in [0.05, 0.1) is 20.1 Å². The van der Waals surface area contributed by atoms with Crippen LogP contribution in [0.15, 0.2) is 146 Å². The quantitative estimate of drug-likeness (QED) is 0.113. The van der Waals surface area contributed by atoms with Crippen molar-refractivity contribution in [2.45, 2.75) is 32.4 Å². The highest BCUT2D eigenvalue weighted by molar-refractivity contribution is 6.64. The number of amides is 2. The summed E-state index contributed by atoms with van der Waals surface area (Å²) in [4.78, 5) is 29.4. The highest BCUT2D eigenvalue weighted by atomic mass is 35.5. The smallest absolute Gasteiger partial charge is 0.423 e. The molecule has 14 heteroatoms. The monoisotopic (exact) mass is 944 g/mol. The van der Waals surface area contributed by atoms with Crippen molar-refractivity contribution < 1.29 is 19.6 Å². The molecule has 0 bridgehead atoms. The summed E-state index contributed by atoms with van der Waals surface area (Å²) in [5.74, 6) is 0.143. The summed E-state index contributed by atoms with van der Waals surface area (Å²) in [6.07, 6.45) is 1.85. The van der Waals surface area contributed by atoms with Crippen molar-refractivity contribution in [1.29, 1.82) is 0 Å². The van der Waals surface area contributed by atoms with E-state index in [1.54, 1.807) is 42.5 Å². The van der Waals surface area contributed by atoms with E-state index in [2.05, 4.69) is 59.2 Å². The fraction of sp³-hybridized carbons (Fsp3) is 0.224. The minimum absolute atomic E-state index is 0. The minimum atomic E-state index is -1.57. The summed E-state index contributed by atoms with van der Waals surface area (Å²) in [6.45, 7) is 4.53. The lowest BCUT2D eigenvalue weighted by atomic mass is 9.80. The van der Waals surface area contributed by atoms with Crippen molar-refractivity contribution in [2.75, 3.05) is 39.3 Å². The molecule has 2 atom stereocenters. The summed E-state index contributed by atoms with van der Waals surface area (Å²) >= 11 is 29.6. The van der Waals surface area contributed by atoms with Crippen molar-refractivity contribution in [1.82, 2.24) is 20.4 Å². The second-order valence-corrected chi connectivity index (χ2v) is 16.9. The first-order valence-corrected chi connectivity index (χ1v) is 22.1. The summed E-state index contributed by atoms with van der Waals surface area (Å²) in [5, 5.41) is 26.7. The van der Waals surface area contributed by atoms with Gasteiger partial charge in [-0.2, -0.15) is 0 Å². The first-order valence-electron chi connectivity index (χ1n) is 20.2. The maximum Gasteiger partial charge on any atom is 0.490 e. The molecule has 0 unspecified atom stereocenters. The van der Waals surface area contributed by atoms with Crippen LogP contribution < -0.4 is 16.1 Å². The molecule has 2 saturated heterocycles.